The zero-order chi connectivity index (χ0) is 11.7. The minimum Gasteiger partial charge on any atom is -0.330 e. The first-order valence-corrected chi connectivity index (χ1v) is 6.26. The van der Waals surface area contributed by atoms with Gasteiger partial charge in [-0.1, -0.05) is 0 Å². The number of rotatable bonds is 3. The maximum Gasteiger partial charge on any atom is 0.151 e. The van der Waals surface area contributed by atoms with Crippen LogP contribution < -0.4 is 5.73 Å². The fourth-order valence-corrected chi connectivity index (χ4v) is 2.60. The summed E-state index contributed by atoms with van der Waals surface area (Å²) in [5.74, 6) is 0. The standard InChI is InChI=1S/C12H16BrN3/c1-8-6-10(13)12-15-9(2)11(4-3-5-14)16(12)7-8/h6-7H,3-5,14H2,1-2H3. The highest BCUT2D eigenvalue weighted by Gasteiger charge is 2.10. The highest BCUT2D eigenvalue weighted by atomic mass is 79.9. The van der Waals surface area contributed by atoms with Crippen molar-refractivity contribution in [1.82, 2.24) is 9.38 Å². The molecule has 0 fully saturated rings. The molecular weight excluding hydrogens is 266 g/mol. The normalized spacial score (nSPS) is 11.2. The van der Waals surface area contributed by atoms with Crippen LogP contribution in [0.25, 0.3) is 5.65 Å². The number of pyridine rings is 1. The second-order valence-electron chi connectivity index (χ2n) is 4.10. The average Bonchev–Trinajstić information content (AvgIpc) is 2.53. The van der Waals surface area contributed by atoms with Crippen LogP contribution in [0.15, 0.2) is 16.7 Å². The molecule has 0 aliphatic carbocycles. The Morgan fingerprint density at radius 3 is 2.88 bits per heavy atom. The fraction of sp³-hybridized carbons (Fsp3) is 0.417. The minimum atomic E-state index is 0.722. The Hall–Kier alpha value is -0.870. The zero-order valence-electron chi connectivity index (χ0n) is 9.63. The van der Waals surface area contributed by atoms with E-state index in [2.05, 4.69) is 51.4 Å². The molecule has 2 aromatic rings. The van der Waals surface area contributed by atoms with Crippen molar-refractivity contribution in [3.8, 4) is 0 Å². The van der Waals surface area contributed by atoms with Crippen LogP contribution >= 0.6 is 15.9 Å². The topological polar surface area (TPSA) is 43.3 Å². The highest BCUT2D eigenvalue weighted by Crippen LogP contribution is 2.22. The van der Waals surface area contributed by atoms with Gasteiger partial charge in [-0.25, -0.2) is 4.98 Å². The van der Waals surface area contributed by atoms with Crippen molar-refractivity contribution in [2.45, 2.75) is 26.7 Å². The molecule has 4 heteroatoms. The van der Waals surface area contributed by atoms with E-state index in [-0.39, 0.29) is 0 Å². The Kier molecular flexibility index (Phi) is 3.30. The quantitative estimate of drug-likeness (QED) is 0.940. The van der Waals surface area contributed by atoms with Crippen LogP contribution in [-0.4, -0.2) is 15.9 Å². The van der Waals surface area contributed by atoms with Gasteiger partial charge in [-0.15, -0.1) is 0 Å². The average molecular weight is 282 g/mol. The Morgan fingerprint density at radius 2 is 2.19 bits per heavy atom. The van der Waals surface area contributed by atoms with Crippen LogP contribution in [0, 0.1) is 13.8 Å². The third-order valence-electron chi connectivity index (χ3n) is 2.73. The summed E-state index contributed by atoms with van der Waals surface area (Å²) >= 11 is 3.56. The van der Waals surface area contributed by atoms with Gasteiger partial charge in [0.2, 0.25) is 0 Å². The van der Waals surface area contributed by atoms with E-state index in [1.165, 1.54) is 11.3 Å². The molecule has 0 aromatic carbocycles. The second kappa shape index (κ2) is 4.55. The van der Waals surface area contributed by atoms with E-state index >= 15 is 0 Å². The van der Waals surface area contributed by atoms with Crippen LogP contribution in [0.3, 0.4) is 0 Å². The lowest BCUT2D eigenvalue weighted by atomic mass is 10.2. The van der Waals surface area contributed by atoms with Crippen molar-refractivity contribution < 1.29 is 0 Å². The van der Waals surface area contributed by atoms with Crippen molar-refractivity contribution >= 4 is 21.6 Å². The SMILES string of the molecule is Cc1cc(Br)c2nc(C)c(CCCN)n2c1. The third-order valence-corrected chi connectivity index (χ3v) is 3.31. The van der Waals surface area contributed by atoms with Gasteiger partial charge in [0, 0.05) is 11.9 Å². The Bertz CT molecular complexity index is 516. The number of nitrogens with two attached hydrogens (primary N) is 1. The number of fused-ring (bicyclic) bond motifs is 1. The van der Waals surface area contributed by atoms with Gasteiger partial charge in [-0.3, -0.25) is 0 Å². The molecule has 2 rings (SSSR count). The van der Waals surface area contributed by atoms with Gasteiger partial charge in [0.05, 0.1) is 10.2 Å². The summed E-state index contributed by atoms with van der Waals surface area (Å²) in [6, 6.07) is 2.09. The Labute approximate surface area is 104 Å². The number of imidazole rings is 1. The number of halogens is 1. The first-order valence-electron chi connectivity index (χ1n) is 5.47. The third kappa shape index (κ3) is 1.99. The molecular formula is C12H16BrN3. The van der Waals surface area contributed by atoms with E-state index in [1.807, 2.05) is 0 Å². The Morgan fingerprint density at radius 1 is 1.44 bits per heavy atom. The first kappa shape index (κ1) is 11.6. The van der Waals surface area contributed by atoms with Crippen LogP contribution in [0.2, 0.25) is 0 Å². The van der Waals surface area contributed by atoms with E-state index in [1.54, 1.807) is 0 Å². The molecule has 0 saturated carbocycles. The van der Waals surface area contributed by atoms with Gasteiger partial charge >= 0.3 is 0 Å². The van der Waals surface area contributed by atoms with Gasteiger partial charge < -0.3 is 10.1 Å². The molecule has 0 unspecified atom stereocenters. The van der Waals surface area contributed by atoms with Crippen LogP contribution in [0.4, 0.5) is 0 Å². The van der Waals surface area contributed by atoms with Crippen molar-refractivity contribution in [1.29, 1.82) is 0 Å². The number of aryl methyl sites for hydroxylation is 3. The summed E-state index contributed by atoms with van der Waals surface area (Å²) in [7, 11) is 0. The maximum atomic E-state index is 5.56. The van der Waals surface area contributed by atoms with E-state index < -0.39 is 0 Å². The molecule has 86 valence electrons. The lowest BCUT2D eigenvalue weighted by Gasteiger charge is -2.04. The molecule has 0 atom stereocenters. The molecule has 0 saturated heterocycles. The predicted molar refractivity (Wildman–Crippen MR) is 69.7 cm³/mol. The molecule has 16 heavy (non-hydrogen) atoms. The summed E-state index contributed by atoms with van der Waals surface area (Å²) in [4.78, 5) is 4.58. The molecule has 0 aliphatic rings. The molecule has 0 aliphatic heterocycles. The number of hydrogen-bond donors (Lipinski definition) is 1. The summed E-state index contributed by atoms with van der Waals surface area (Å²) in [6.07, 6.45) is 4.12. The van der Waals surface area contributed by atoms with Crippen molar-refractivity contribution in [2.75, 3.05) is 6.54 Å². The van der Waals surface area contributed by atoms with E-state index in [4.69, 9.17) is 5.73 Å². The molecule has 0 amide bonds. The zero-order valence-corrected chi connectivity index (χ0v) is 11.2. The molecule has 3 nitrogen and oxygen atoms in total. The van der Waals surface area contributed by atoms with Gasteiger partial charge in [-0.05, 0) is 60.8 Å². The lowest BCUT2D eigenvalue weighted by Crippen LogP contribution is -2.03. The summed E-state index contributed by atoms with van der Waals surface area (Å²) in [6.45, 7) is 4.87. The van der Waals surface area contributed by atoms with Crippen molar-refractivity contribution in [3.63, 3.8) is 0 Å². The molecule has 2 N–H and O–H groups in total. The van der Waals surface area contributed by atoms with Crippen LogP contribution in [0.1, 0.15) is 23.4 Å². The molecule has 0 bridgehead atoms. The smallest absolute Gasteiger partial charge is 0.151 e. The Balaban J connectivity index is 2.59. The predicted octanol–water partition coefficient (Wildman–Crippen LogP) is 2.60. The van der Waals surface area contributed by atoms with Gasteiger partial charge in [0.1, 0.15) is 0 Å². The van der Waals surface area contributed by atoms with Crippen molar-refractivity contribution in [2.24, 2.45) is 5.73 Å². The summed E-state index contributed by atoms with van der Waals surface area (Å²) in [5, 5.41) is 0. The fourth-order valence-electron chi connectivity index (χ4n) is 1.96. The van der Waals surface area contributed by atoms with Crippen LogP contribution in [-0.2, 0) is 6.42 Å². The van der Waals surface area contributed by atoms with Crippen molar-refractivity contribution in [3.05, 3.63) is 33.7 Å². The second-order valence-corrected chi connectivity index (χ2v) is 4.95. The molecule has 2 heterocycles. The maximum absolute atomic E-state index is 5.56. The largest absolute Gasteiger partial charge is 0.330 e. The van der Waals surface area contributed by atoms with Gasteiger partial charge in [0.15, 0.2) is 5.65 Å². The minimum absolute atomic E-state index is 0.722. The number of hydrogen-bond acceptors (Lipinski definition) is 2. The number of nitrogens with zero attached hydrogens (tertiary/aromatic N) is 2. The van der Waals surface area contributed by atoms with Crippen LogP contribution in [0.5, 0.6) is 0 Å². The van der Waals surface area contributed by atoms with E-state index in [0.717, 1.165) is 35.2 Å². The van der Waals surface area contributed by atoms with E-state index in [0.29, 0.717) is 0 Å². The van der Waals surface area contributed by atoms with Gasteiger partial charge in [-0.2, -0.15) is 0 Å². The summed E-state index contributed by atoms with van der Waals surface area (Å²) in [5.41, 5.74) is 10.1. The monoisotopic (exact) mass is 281 g/mol. The molecule has 2 aromatic heterocycles. The lowest BCUT2D eigenvalue weighted by molar-refractivity contribution is 0.795. The van der Waals surface area contributed by atoms with Gasteiger partial charge in [0.25, 0.3) is 0 Å². The molecule has 0 radical (unpaired) electrons. The first-order chi connectivity index (χ1) is 7.63. The summed E-state index contributed by atoms with van der Waals surface area (Å²) < 4.78 is 3.22. The highest BCUT2D eigenvalue weighted by molar-refractivity contribution is 9.10. The van der Waals surface area contributed by atoms with E-state index in [9.17, 15) is 0 Å². The molecule has 0 spiro atoms. The number of aromatic nitrogens is 2.